The molecule has 0 saturated carbocycles. The van der Waals surface area contributed by atoms with Crippen molar-refractivity contribution in [2.45, 2.75) is 45.1 Å². The summed E-state index contributed by atoms with van der Waals surface area (Å²) in [5.41, 5.74) is 2.56. The molecule has 118 valence electrons. The molecule has 0 spiro atoms. The summed E-state index contributed by atoms with van der Waals surface area (Å²) < 4.78 is 5.48. The molecule has 2 heterocycles. The monoisotopic (exact) mass is 300 g/mol. The summed E-state index contributed by atoms with van der Waals surface area (Å²) in [7, 11) is 0. The molecular weight excluding hydrogens is 276 g/mol. The van der Waals surface area contributed by atoms with E-state index in [0.717, 1.165) is 36.8 Å². The number of hydrogen-bond donors (Lipinski definition) is 2. The quantitative estimate of drug-likeness (QED) is 0.833. The van der Waals surface area contributed by atoms with Crippen LogP contribution in [0.3, 0.4) is 0 Å². The van der Waals surface area contributed by atoms with Crippen molar-refractivity contribution >= 4 is 16.9 Å². The third kappa shape index (κ3) is 3.17. The molecule has 0 radical (unpaired) electrons. The predicted octanol–water partition coefficient (Wildman–Crippen LogP) is 3.59. The van der Waals surface area contributed by atoms with Crippen molar-refractivity contribution in [3.63, 3.8) is 0 Å². The maximum Gasteiger partial charge on any atom is 0.338 e. The van der Waals surface area contributed by atoms with Crippen LogP contribution >= 0.6 is 0 Å². The van der Waals surface area contributed by atoms with Crippen LogP contribution < -0.4 is 5.32 Å². The number of benzene rings is 1. The van der Waals surface area contributed by atoms with Crippen LogP contribution in [0.15, 0.2) is 24.4 Å². The molecule has 0 amide bonds. The largest absolute Gasteiger partial charge is 0.456 e. The van der Waals surface area contributed by atoms with Crippen molar-refractivity contribution in [2.75, 3.05) is 13.1 Å². The second-order valence-corrected chi connectivity index (χ2v) is 7.03. The zero-order valence-corrected chi connectivity index (χ0v) is 13.5. The first-order valence-electron chi connectivity index (χ1n) is 7.99. The standard InChI is InChI=1S/C18H24N2O2/c1-18(2,3)22-17(21)13-4-5-16-14(10-13)15(11-20-16)12-6-8-19-9-7-12/h4-5,10-12,19-20H,6-9H2,1-3H3. The lowest BCUT2D eigenvalue weighted by atomic mass is 9.90. The van der Waals surface area contributed by atoms with Crippen molar-refractivity contribution in [3.05, 3.63) is 35.5 Å². The smallest absolute Gasteiger partial charge is 0.338 e. The highest BCUT2D eigenvalue weighted by atomic mass is 16.6. The number of carbonyl (C=O) groups excluding carboxylic acids is 1. The summed E-state index contributed by atoms with van der Waals surface area (Å²) in [6.45, 7) is 7.78. The minimum atomic E-state index is -0.470. The average Bonchev–Trinajstić information content (AvgIpc) is 2.89. The van der Waals surface area contributed by atoms with Gasteiger partial charge in [0.05, 0.1) is 5.56 Å². The molecule has 0 unspecified atom stereocenters. The summed E-state index contributed by atoms with van der Waals surface area (Å²) in [5.74, 6) is 0.302. The lowest BCUT2D eigenvalue weighted by Crippen LogP contribution is -2.26. The third-order valence-corrected chi connectivity index (χ3v) is 4.13. The van der Waals surface area contributed by atoms with Gasteiger partial charge in [0.2, 0.25) is 0 Å². The molecular formula is C18H24N2O2. The van der Waals surface area contributed by atoms with E-state index in [2.05, 4.69) is 16.5 Å². The molecule has 1 fully saturated rings. The zero-order valence-electron chi connectivity index (χ0n) is 13.5. The molecule has 1 saturated heterocycles. The van der Waals surface area contributed by atoms with E-state index in [1.165, 1.54) is 5.56 Å². The normalized spacial score (nSPS) is 16.9. The number of rotatable bonds is 2. The maximum atomic E-state index is 12.3. The van der Waals surface area contributed by atoms with Gasteiger partial charge in [0, 0.05) is 17.1 Å². The Bertz CT molecular complexity index is 676. The summed E-state index contributed by atoms with van der Waals surface area (Å²) >= 11 is 0. The summed E-state index contributed by atoms with van der Waals surface area (Å²) in [6.07, 6.45) is 4.38. The van der Waals surface area contributed by atoms with Gasteiger partial charge in [-0.1, -0.05) is 0 Å². The maximum absolute atomic E-state index is 12.3. The molecule has 0 aliphatic carbocycles. The number of ether oxygens (including phenoxy) is 1. The van der Waals surface area contributed by atoms with E-state index in [1.54, 1.807) is 0 Å². The van der Waals surface area contributed by atoms with Gasteiger partial charge in [-0.2, -0.15) is 0 Å². The molecule has 1 aromatic heterocycles. The van der Waals surface area contributed by atoms with Crippen LogP contribution in [0.25, 0.3) is 10.9 Å². The van der Waals surface area contributed by atoms with Gasteiger partial charge in [-0.25, -0.2) is 4.79 Å². The van der Waals surface area contributed by atoms with Gasteiger partial charge < -0.3 is 15.0 Å². The van der Waals surface area contributed by atoms with Crippen molar-refractivity contribution in [2.24, 2.45) is 0 Å². The molecule has 1 aliphatic rings. The van der Waals surface area contributed by atoms with Crippen molar-refractivity contribution in [1.82, 2.24) is 10.3 Å². The highest BCUT2D eigenvalue weighted by Gasteiger charge is 2.21. The number of esters is 1. The molecule has 4 nitrogen and oxygen atoms in total. The van der Waals surface area contributed by atoms with Crippen LogP contribution in [0.1, 0.15) is 55.5 Å². The van der Waals surface area contributed by atoms with E-state index >= 15 is 0 Å². The molecule has 1 aliphatic heterocycles. The molecule has 0 atom stereocenters. The molecule has 2 aromatic rings. The predicted molar refractivity (Wildman–Crippen MR) is 88.3 cm³/mol. The second-order valence-electron chi connectivity index (χ2n) is 7.03. The van der Waals surface area contributed by atoms with Crippen LogP contribution in [-0.4, -0.2) is 29.6 Å². The fourth-order valence-electron chi connectivity index (χ4n) is 3.08. The first-order chi connectivity index (χ1) is 10.4. The lowest BCUT2D eigenvalue weighted by molar-refractivity contribution is 0.00697. The Morgan fingerprint density at radius 2 is 1.95 bits per heavy atom. The van der Waals surface area contributed by atoms with Crippen LogP contribution in [0, 0.1) is 0 Å². The molecule has 1 aromatic carbocycles. The Balaban J connectivity index is 1.92. The van der Waals surface area contributed by atoms with Crippen molar-refractivity contribution in [3.8, 4) is 0 Å². The van der Waals surface area contributed by atoms with E-state index < -0.39 is 5.60 Å². The Kier molecular flexibility index (Phi) is 3.96. The summed E-state index contributed by atoms with van der Waals surface area (Å²) in [4.78, 5) is 15.6. The van der Waals surface area contributed by atoms with E-state index in [1.807, 2.05) is 39.0 Å². The number of hydrogen-bond acceptors (Lipinski definition) is 3. The Labute approximate surface area is 131 Å². The van der Waals surface area contributed by atoms with Gasteiger partial charge in [-0.15, -0.1) is 0 Å². The Hall–Kier alpha value is -1.81. The average molecular weight is 300 g/mol. The Morgan fingerprint density at radius 1 is 1.23 bits per heavy atom. The number of H-pyrrole nitrogens is 1. The van der Waals surface area contributed by atoms with Crippen LogP contribution in [0.2, 0.25) is 0 Å². The molecule has 4 heteroatoms. The van der Waals surface area contributed by atoms with Gasteiger partial charge in [0.1, 0.15) is 5.60 Å². The molecule has 3 rings (SSSR count). The number of aromatic nitrogens is 1. The van der Waals surface area contributed by atoms with Gasteiger partial charge in [-0.3, -0.25) is 0 Å². The first kappa shape index (κ1) is 15.1. The Morgan fingerprint density at radius 3 is 2.64 bits per heavy atom. The molecule has 0 bridgehead atoms. The first-order valence-corrected chi connectivity index (χ1v) is 7.99. The fourth-order valence-corrected chi connectivity index (χ4v) is 3.08. The minimum Gasteiger partial charge on any atom is -0.456 e. The minimum absolute atomic E-state index is 0.258. The number of nitrogens with one attached hydrogen (secondary N) is 2. The van der Waals surface area contributed by atoms with Gasteiger partial charge >= 0.3 is 5.97 Å². The van der Waals surface area contributed by atoms with Gasteiger partial charge in [-0.05, 0) is 76.4 Å². The number of aromatic amines is 1. The van der Waals surface area contributed by atoms with Crippen molar-refractivity contribution < 1.29 is 9.53 Å². The van der Waals surface area contributed by atoms with Crippen LogP contribution in [-0.2, 0) is 4.74 Å². The third-order valence-electron chi connectivity index (χ3n) is 4.13. The van der Waals surface area contributed by atoms with E-state index in [9.17, 15) is 4.79 Å². The van der Waals surface area contributed by atoms with Crippen molar-refractivity contribution in [1.29, 1.82) is 0 Å². The van der Waals surface area contributed by atoms with Crippen LogP contribution in [0.4, 0.5) is 0 Å². The molecule has 2 N–H and O–H groups in total. The highest BCUT2D eigenvalue weighted by Crippen LogP contribution is 2.32. The summed E-state index contributed by atoms with van der Waals surface area (Å²) in [6, 6.07) is 5.77. The van der Waals surface area contributed by atoms with Crippen LogP contribution in [0.5, 0.6) is 0 Å². The SMILES string of the molecule is CC(C)(C)OC(=O)c1ccc2[nH]cc(C3CCNCC3)c2c1. The topological polar surface area (TPSA) is 54.1 Å². The lowest BCUT2D eigenvalue weighted by Gasteiger charge is -2.22. The second kappa shape index (κ2) is 5.76. The van der Waals surface area contributed by atoms with Gasteiger partial charge in [0.25, 0.3) is 0 Å². The van der Waals surface area contributed by atoms with E-state index in [-0.39, 0.29) is 5.97 Å². The molecule has 22 heavy (non-hydrogen) atoms. The van der Waals surface area contributed by atoms with Gasteiger partial charge in [0.15, 0.2) is 0 Å². The number of piperidine rings is 1. The number of carbonyl (C=O) groups is 1. The zero-order chi connectivity index (χ0) is 15.7. The number of fused-ring (bicyclic) bond motifs is 1. The summed E-state index contributed by atoms with van der Waals surface area (Å²) in [5, 5.41) is 4.54. The van der Waals surface area contributed by atoms with E-state index in [0.29, 0.717) is 11.5 Å². The van der Waals surface area contributed by atoms with E-state index in [4.69, 9.17) is 4.74 Å². The fraction of sp³-hybridized carbons (Fsp3) is 0.500. The highest BCUT2D eigenvalue weighted by molar-refractivity contribution is 5.96.